The minimum atomic E-state index is 0.502. The van der Waals surface area contributed by atoms with Crippen molar-refractivity contribution >= 4 is 27.4 Å². The molecule has 23 heavy (non-hydrogen) atoms. The van der Waals surface area contributed by atoms with Gasteiger partial charge < -0.3 is 5.32 Å². The predicted octanol–water partition coefficient (Wildman–Crippen LogP) is 3.77. The highest BCUT2D eigenvalue weighted by Crippen LogP contribution is 2.26. The van der Waals surface area contributed by atoms with Crippen molar-refractivity contribution in [3.8, 4) is 0 Å². The Morgan fingerprint density at radius 3 is 2.74 bits per heavy atom. The quantitative estimate of drug-likeness (QED) is 0.793. The maximum atomic E-state index is 4.43. The number of thiophene rings is 1. The molecule has 3 heterocycles. The molecule has 1 aliphatic heterocycles. The summed E-state index contributed by atoms with van der Waals surface area (Å²) in [7, 11) is 0. The number of benzene rings is 1. The Bertz CT molecular complexity index is 763. The standard InChI is InChI=1S/C18H20N4S/c1-2-4-14(5-3-1)12-22-9-6-15(7-10-22)21-18-17-16(8-11-23-17)19-13-20-18/h1-5,8,11,13,15H,6-7,9-10,12H2,(H,19,20,21). The number of aromatic nitrogens is 2. The number of hydrogen-bond donors (Lipinski definition) is 1. The summed E-state index contributed by atoms with van der Waals surface area (Å²) in [6.07, 6.45) is 3.97. The molecule has 4 nitrogen and oxygen atoms in total. The van der Waals surface area contributed by atoms with E-state index in [0.717, 1.165) is 43.8 Å². The molecule has 1 aromatic carbocycles. The summed E-state index contributed by atoms with van der Waals surface area (Å²) in [5.41, 5.74) is 2.43. The molecule has 0 saturated carbocycles. The Morgan fingerprint density at radius 2 is 1.91 bits per heavy atom. The fourth-order valence-corrected chi connectivity index (χ4v) is 3.96. The molecule has 5 heteroatoms. The van der Waals surface area contributed by atoms with Crippen molar-refractivity contribution in [3.05, 3.63) is 53.7 Å². The van der Waals surface area contributed by atoms with E-state index in [2.05, 4.69) is 62.0 Å². The maximum Gasteiger partial charge on any atom is 0.147 e. The van der Waals surface area contributed by atoms with Crippen LogP contribution in [0.5, 0.6) is 0 Å². The number of fused-ring (bicyclic) bond motifs is 1. The molecule has 3 aromatic rings. The van der Waals surface area contributed by atoms with E-state index >= 15 is 0 Å². The number of likely N-dealkylation sites (tertiary alicyclic amines) is 1. The Labute approximate surface area is 140 Å². The molecule has 4 rings (SSSR count). The average molecular weight is 324 g/mol. The highest BCUT2D eigenvalue weighted by atomic mass is 32.1. The van der Waals surface area contributed by atoms with Crippen molar-refractivity contribution in [1.29, 1.82) is 0 Å². The minimum absolute atomic E-state index is 0.502. The molecule has 0 unspecified atom stereocenters. The Hall–Kier alpha value is -1.98. The third-order valence-electron chi connectivity index (χ3n) is 4.42. The van der Waals surface area contributed by atoms with Gasteiger partial charge in [0.05, 0.1) is 10.2 Å². The summed E-state index contributed by atoms with van der Waals surface area (Å²) in [6.45, 7) is 3.31. The van der Waals surface area contributed by atoms with Gasteiger partial charge in [0, 0.05) is 25.7 Å². The summed E-state index contributed by atoms with van der Waals surface area (Å²) in [4.78, 5) is 11.3. The zero-order valence-electron chi connectivity index (χ0n) is 13.0. The van der Waals surface area contributed by atoms with Crippen LogP contribution in [0.4, 0.5) is 5.82 Å². The number of rotatable bonds is 4. The molecule has 0 aliphatic carbocycles. The van der Waals surface area contributed by atoms with Gasteiger partial charge in [0.15, 0.2) is 0 Å². The fourth-order valence-electron chi connectivity index (χ4n) is 3.16. The van der Waals surface area contributed by atoms with E-state index in [9.17, 15) is 0 Å². The first kappa shape index (κ1) is 14.6. The van der Waals surface area contributed by atoms with Crippen LogP contribution in [-0.4, -0.2) is 34.0 Å². The predicted molar refractivity (Wildman–Crippen MR) is 95.8 cm³/mol. The van der Waals surface area contributed by atoms with E-state index in [0.29, 0.717) is 6.04 Å². The molecule has 118 valence electrons. The third kappa shape index (κ3) is 3.35. The summed E-state index contributed by atoms with van der Waals surface area (Å²) in [5.74, 6) is 0.992. The summed E-state index contributed by atoms with van der Waals surface area (Å²) >= 11 is 1.71. The van der Waals surface area contributed by atoms with Crippen molar-refractivity contribution in [2.24, 2.45) is 0 Å². The average Bonchev–Trinajstić information content (AvgIpc) is 3.07. The van der Waals surface area contributed by atoms with E-state index in [4.69, 9.17) is 0 Å². The lowest BCUT2D eigenvalue weighted by molar-refractivity contribution is 0.211. The molecular formula is C18H20N4S. The number of piperidine rings is 1. The number of nitrogens with zero attached hydrogens (tertiary/aromatic N) is 3. The minimum Gasteiger partial charge on any atom is -0.366 e. The molecule has 1 aliphatic rings. The van der Waals surface area contributed by atoms with Crippen LogP contribution < -0.4 is 5.32 Å². The first-order chi connectivity index (χ1) is 11.4. The van der Waals surface area contributed by atoms with Crippen LogP contribution in [0, 0.1) is 0 Å². The number of hydrogen-bond acceptors (Lipinski definition) is 5. The zero-order chi connectivity index (χ0) is 15.5. The van der Waals surface area contributed by atoms with E-state index in [1.165, 1.54) is 10.3 Å². The maximum absolute atomic E-state index is 4.43. The lowest BCUT2D eigenvalue weighted by Gasteiger charge is -2.32. The van der Waals surface area contributed by atoms with Gasteiger partial charge in [-0.15, -0.1) is 11.3 Å². The molecule has 0 atom stereocenters. The smallest absolute Gasteiger partial charge is 0.147 e. The second kappa shape index (κ2) is 6.64. The van der Waals surface area contributed by atoms with Gasteiger partial charge in [-0.1, -0.05) is 30.3 Å². The normalized spacial score (nSPS) is 16.7. The Balaban J connectivity index is 1.36. The van der Waals surface area contributed by atoms with Gasteiger partial charge >= 0.3 is 0 Å². The van der Waals surface area contributed by atoms with Gasteiger partial charge in [0.2, 0.25) is 0 Å². The first-order valence-electron chi connectivity index (χ1n) is 8.09. The van der Waals surface area contributed by atoms with Gasteiger partial charge in [-0.2, -0.15) is 0 Å². The van der Waals surface area contributed by atoms with Gasteiger partial charge in [0.1, 0.15) is 12.1 Å². The summed E-state index contributed by atoms with van der Waals surface area (Å²) in [6, 6.07) is 13.3. The van der Waals surface area contributed by atoms with Gasteiger partial charge in [-0.25, -0.2) is 9.97 Å². The molecule has 2 aromatic heterocycles. The van der Waals surface area contributed by atoms with Crippen LogP contribution in [0.2, 0.25) is 0 Å². The molecule has 0 amide bonds. The second-order valence-electron chi connectivity index (χ2n) is 6.04. The number of nitrogens with one attached hydrogen (secondary N) is 1. The molecule has 1 fully saturated rings. The van der Waals surface area contributed by atoms with E-state index in [1.54, 1.807) is 17.7 Å². The van der Waals surface area contributed by atoms with Crippen LogP contribution in [0.1, 0.15) is 18.4 Å². The molecular weight excluding hydrogens is 304 g/mol. The summed E-state index contributed by atoms with van der Waals surface area (Å²) < 4.78 is 1.17. The van der Waals surface area contributed by atoms with Crippen LogP contribution >= 0.6 is 11.3 Å². The van der Waals surface area contributed by atoms with Crippen LogP contribution in [0.15, 0.2) is 48.1 Å². The van der Waals surface area contributed by atoms with E-state index in [1.807, 2.05) is 0 Å². The lowest BCUT2D eigenvalue weighted by atomic mass is 10.0. The van der Waals surface area contributed by atoms with E-state index < -0.39 is 0 Å². The first-order valence-corrected chi connectivity index (χ1v) is 8.97. The highest BCUT2D eigenvalue weighted by Gasteiger charge is 2.20. The largest absolute Gasteiger partial charge is 0.366 e. The molecule has 1 N–H and O–H groups in total. The zero-order valence-corrected chi connectivity index (χ0v) is 13.8. The van der Waals surface area contributed by atoms with Crippen molar-refractivity contribution in [3.63, 3.8) is 0 Å². The second-order valence-corrected chi connectivity index (χ2v) is 6.95. The van der Waals surface area contributed by atoms with Crippen molar-refractivity contribution in [1.82, 2.24) is 14.9 Å². The van der Waals surface area contributed by atoms with Crippen molar-refractivity contribution in [2.75, 3.05) is 18.4 Å². The Kier molecular flexibility index (Phi) is 4.22. The monoisotopic (exact) mass is 324 g/mol. The fraction of sp³-hybridized carbons (Fsp3) is 0.333. The summed E-state index contributed by atoms with van der Waals surface area (Å²) in [5, 5.41) is 5.70. The number of anilines is 1. The van der Waals surface area contributed by atoms with Crippen LogP contribution in [-0.2, 0) is 6.54 Å². The van der Waals surface area contributed by atoms with Crippen LogP contribution in [0.25, 0.3) is 10.2 Å². The SMILES string of the molecule is c1ccc(CN2CCC(Nc3ncnc4ccsc34)CC2)cc1. The molecule has 0 spiro atoms. The highest BCUT2D eigenvalue weighted by molar-refractivity contribution is 7.17. The molecule has 0 radical (unpaired) electrons. The van der Waals surface area contributed by atoms with Gasteiger partial charge in [-0.05, 0) is 29.9 Å². The lowest BCUT2D eigenvalue weighted by Crippen LogP contribution is -2.38. The van der Waals surface area contributed by atoms with Crippen molar-refractivity contribution < 1.29 is 0 Å². The topological polar surface area (TPSA) is 41.0 Å². The van der Waals surface area contributed by atoms with E-state index in [-0.39, 0.29) is 0 Å². The molecule has 0 bridgehead atoms. The van der Waals surface area contributed by atoms with Gasteiger partial charge in [-0.3, -0.25) is 4.90 Å². The Morgan fingerprint density at radius 1 is 1.09 bits per heavy atom. The third-order valence-corrected chi connectivity index (χ3v) is 5.33. The van der Waals surface area contributed by atoms with Gasteiger partial charge in [0.25, 0.3) is 0 Å². The van der Waals surface area contributed by atoms with Crippen molar-refractivity contribution in [2.45, 2.75) is 25.4 Å². The molecule has 1 saturated heterocycles. The van der Waals surface area contributed by atoms with Crippen LogP contribution in [0.3, 0.4) is 0 Å².